The first-order valence-electron chi connectivity index (χ1n) is 14.9. The molecule has 1 N–H and O–H groups in total. The minimum atomic E-state index is -0.271. The summed E-state index contributed by atoms with van der Waals surface area (Å²) in [7, 11) is 2.16. The van der Waals surface area contributed by atoms with Gasteiger partial charge in [0.1, 0.15) is 17.0 Å². The van der Waals surface area contributed by atoms with Crippen LogP contribution in [0, 0.1) is 6.92 Å². The molecule has 2 fully saturated rings. The van der Waals surface area contributed by atoms with Crippen LogP contribution in [-0.4, -0.2) is 75.9 Å². The fraction of sp³-hybridized carbons (Fsp3) is 0.303. The SMILES string of the molecule is Cc1ccccc1-n1nc(-c2cccc(N3CCCC3)n2)c2nc(Nc3ccc(N4CCN(C)CC4)cc3)ncc2c1=O. The molecule has 0 amide bonds. The van der Waals surface area contributed by atoms with Gasteiger partial charge in [0.05, 0.1) is 16.8 Å². The number of aryl methyl sites for hydroxylation is 1. The van der Waals surface area contributed by atoms with E-state index >= 15 is 0 Å². The number of pyridine rings is 1. The molecule has 5 heterocycles. The van der Waals surface area contributed by atoms with E-state index < -0.39 is 0 Å². The summed E-state index contributed by atoms with van der Waals surface area (Å²) in [6.45, 7) is 8.08. The maximum Gasteiger partial charge on any atom is 0.282 e. The molecule has 2 saturated heterocycles. The predicted octanol–water partition coefficient (Wildman–Crippen LogP) is 4.64. The van der Waals surface area contributed by atoms with E-state index in [9.17, 15) is 4.79 Å². The highest BCUT2D eigenvalue weighted by Crippen LogP contribution is 2.28. The zero-order chi connectivity index (χ0) is 29.3. The first-order chi connectivity index (χ1) is 21.0. The average Bonchev–Trinajstić information content (AvgIpc) is 3.58. The summed E-state index contributed by atoms with van der Waals surface area (Å²) in [6.07, 6.45) is 3.91. The molecule has 7 rings (SSSR count). The van der Waals surface area contributed by atoms with Crippen LogP contribution in [-0.2, 0) is 0 Å². The molecule has 0 aliphatic carbocycles. The number of nitrogens with one attached hydrogen (secondary N) is 1. The molecule has 0 radical (unpaired) electrons. The topological polar surface area (TPSA) is 95.3 Å². The van der Waals surface area contributed by atoms with Crippen molar-refractivity contribution < 1.29 is 0 Å². The number of nitrogens with zero attached hydrogens (tertiary/aromatic N) is 8. The number of hydrogen-bond acceptors (Lipinski definition) is 9. The van der Waals surface area contributed by atoms with Gasteiger partial charge in [-0.05, 0) is 74.8 Å². The van der Waals surface area contributed by atoms with Gasteiger partial charge in [-0.25, -0.2) is 15.0 Å². The Labute approximate surface area is 250 Å². The van der Waals surface area contributed by atoms with E-state index in [1.165, 1.54) is 10.4 Å². The summed E-state index contributed by atoms with van der Waals surface area (Å²) in [4.78, 5) is 35.2. The molecule has 0 saturated carbocycles. The Hall–Kier alpha value is -4.83. The van der Waals surface area contributed by atoms with Crippen LogP contribution in [0.4, 0.5) is 23.1 Å². The molecule has 0 atom stereocenters. The number of likely N-dealkylation sites (N-methyl/N-ethyl adjacent to an activating group) is 1. The standard InChI is InChI=1S/C33H35N9O/c1-23-8-3-4-10-28(23)42-32(43)26-22-34-33(35-24-12-14-25(15-13-24)40-20-18-39(2)19-21-40)37-30(26)31(38-42)27-9-7-11-29(36-27)41-16-5-6-17-41/h3-4,7-15,22H,5-6,16-21H2,1-2H3,(H,34,35,37). The predicted molar refractivity (Wildman–Crippen MR) is 172 cm³/mol. The van der Waals surface area contributed by atoms with E-state index in [0.717, 1.165) is 69.2 Å². The van der Waals surface area contributed by atoms with Crippen molar-refractivity contribution in [2.45, 2.75) is 19.8 Å². The van der Waals surface area contributed by atoms with E-state index in [1.807, 2.05) is 61.5 Å². The van der Waals surface area contributed by atoms with Crippen LogP contribution in [0.2, 0.25) is 0 Å². The number of aromatic nitrogens is 5. The summed E-state index contributed by atoms with van der Waals surface area (Å²) in [5.41, 5.74) is 5.13. The highest BCUT2D eigenvalue weighted by molar-refractivity contribution is 5.90. The normalized spacial score (nSPS) is 15.8. The van der Waals surface area contributed by atoms with Crippen molar-refractivity contribution in [3.05, 3.63) is 88.8 Å². The van der Waals surface area contributed by atoms with Gasteiger partial charge in [-0.3, -0.25) is 4.79 Å². The molecule has 0 bridgehead atoms. The smallest absolute Gasteiger partial charge is 0.282 e. The number of benzene rings is 2. The average molecular weight is 574 g/mol. The van der Waals surface area contributed by atoms with Gasteiger partial charge in [0.15, 0.2) is 0 Å². The monoisotopic (exact) mass is 573 g/mol. The Balaban J connectivity index is 1.29. The van der Waals surface area contributed by atoms with Crippen LogP contribution in [0.5, 0.6) is 0 Å². The summed E-state index contributed by atoms with van der Waals surface area (Å²) < 4.78 is 1.45. The van der Waals surface area contributed by atoms with Gasteiger partial charge in [-0.1, -0.05) is 24.3 Å². The second kappa shape index (κ2) is 11.4. The van der Waals surface area contributed by atoms with E-state index in [1.54, 1.807) is 6.20 Å². The Morgan fingerprint density at radius 2 is 1.56 bits per heavy atom. The van der Waals surface area contributed by atoms with E-state index in [0.29, 0.717) is 33.9 Å². The molecule has 2 aliphatic rings. The zero-order valence-corrected chi connectivity index (χ0v) is 24.6. The van der Waals surface area contributed by atoms with Crippen LogP contribution in [0.3, 0.4) is 0 Å². The molecule has 2 aliphatic heterocycles. The molecule has 43 heavy (non-hydrogen) atoms. The van der Waals surface area contributed by atoms with Crippen molar-refractivity contribution in [1.82, 2.24) is 29.6 Å². The lowest BCUT2D eigenvalue weighted by molar-refractivity contribution is 0.313. The number of fused-ring (bicyclic) bond motifs is 1. The second-order valence-electron chi connectivity index (χ2n) is 11.3. The van der Waals surface area contributed by atoms with Crippen molar-refractivity contribution in [3.63, 3.8) is 0 Å². The fourth-order valence-corrected chi connectivity index (χ4v) is 5.85. The third-order valence-electron chi connectivity index (χ3n) is 8.38. The first-order valence-corrected chi connectivity index (χ1v) is 14.9. The van der Waals surface area contributed by atoms with E-state index in [4.69, 9.17) is 15.1 Å². The fourth-order valence-electron chi connectivity index (χ4n) is 5.85. The van der Waals surface area contributed by atoms with Crippen LogP contribution in [0.15, 0.2) is 77.7 Å². The van der Waals surface area contributed by atoms with Crippen molar-refractivity contribution in [2.24, 2.45) is 0 Å². The number of anilines is 4. The third-order valence-corrected chi connectivity index (χ3v) is 8.38. The van der Waals surface area contributed by atoms with Gasteiger partial charge in [0.25, 0.3) is 5.56 Å². The third kappa shape index (κ3) is 5.41. The minimum Gasteiger partial charge on any atom is -0.369 e. The lowest BCUT2D eigenvalue weighted by Gasteiger charge is -2.34. The number of hydrogen-bond donors (Lipinski definition) is 1. The van der Waals surface area contributed by atoms with Crippen LogP contribution in [0.25, 0.3) is 28.0 Å². The Morgan fingerprint density at radius 3 is 2.33 bits per heavy atom. The van der Waals surface area contributed by atoms with Crippen molar-refractivity contribution in [3.8, 4) is 17.1 Å². The highest BCUT2D eigenvalue weighted by Gasteiger charge is 2.20. The maximum atomic E-state index is 13.8. The molecule has 10 nitrogen and oxygen atoms in total. The van der Waals surface area contributed by atoms with Crippen molar-refractivity contribution >= 4 is 34.0 Å². The molecule has 2 aromatic carbocycles. The van der Waals surface area contributed by atoms with Gasteiger partial charge in [-0.2, -0.15) is 9.78 Å². The van der Waals surface area contributed by atoms with Crippen LogP contribution < -0.4 is 20.7 Å². The highest BCUT2D eigenvalue weighted by atomic mass is 16.1. The summed E-state index contributed by atoms with van der Waals surface area (Å²) in [5, 5.41) is 8.60. The lowest BCUT2D eigenvalue weighted by Crippen LogP contribution is -2.44. The van der Waals surface area contributed by atoms with Gasteiger partial charge in [0, 0.05) is 56.8 Å². The first kappa shape index (κ1) is 27.0. The van der Waals surface area contributed by atoms with Gasteiger partial charge in [0.2, 0.25) is 5.95 Å². The zero-order valence-electron chi connectivity index (χ0n) is 24.6. The van der Waals surface area contributed by atoms with E-state index in [2.05, 4.69) is 44.2 Å². The summed E-state index contributed by atoms with van der Waals surface area (Å²) in [6, 6.07) is 22.0. The summed E-state index contributed by atoms with van der Waals surface area (Å²) in [5.74, 6) is 1.30. The quantitative estimate of drug-likeness (QED) is 0.312. The largest absolute Gasteiger partial charge is 0.369 e. The minimum absolute atomic E-state index is 0.271. The molecule has 5 aromatic rings. The van der Waals surface area contributed by atoms with Crippen molar-refractivity contribution in [2.75, 3.05) is 61.4 Å². The van der Waals surface area contributed by atoms with E-state index in [-0.39, 0.29) is 5.56 Å². The summed E-state index contributed by atoms with van der Waals surface area (Å²) >= 11 is 0. The number of rotatable bonds is 6. The van der Waals surface area contributed by atoms with Crippen LogP contribution >= 0.6 is 0 Å². The van der Waals surface area contributed by atoms with Crippen molar-refractivity contribution in [1.29, 1.82) is 0 Å². The molecular weight excluding hydrogens is 538 g/mol. The maximum absolute atomic E-state index is 13.8. The van der Waals surface area contributed by atoms with Gasteiger partial charge >= 0.3 is 0 Å². The molecular formula is C33H35N9O. The number of para-hydroxylation sites is 1. The Morgan fingerprint density at radius 1 is 0.791 bits per heavy atom. The number of piperazine rings is 1. The molecule has 3 aromatic heterocycles. The molecule has 0 spiro atoms. The molecule has 218 valence electrons. The van der Waals surface area contributed by atoms with Gasteiger partial charge < -0.3 is 20.0 Å². The molecule has 0 unspecified atom stereocenters. The Kier molecular flexibility index (Phi) is 7.20. The Bertz CT molecular complexity index is 1820. The lowest BCUT2D eigenvalue weighted by atomic mass is 10.1. The van der Waals surface area contributed by atoms with Gasteiger partial charge in [-0.15, -0.1) is 0 Å². The van der Waals surface area contributed by atoms with Crippen LogP contribution in [0.1, 0.15) is 18.4 Å². The second-order valence-corrected chi connectivity index (χ2v) is 11.3. The molecule has 10 heteroatoms.